The van der Waals surface area contributed by atoms with E-state index in [-0.39, 0.29) is 11.4 Å². The van der Waals surface area contributed by atoms with Crippen molar-refractivity contribution in [2.45, 2.75) is 51.6 Å². The number of carbonyl (C=O) groups is 1. The van der Waals surface area contributed by atoms with E-state index in [0.717, 1.165) is 45.6 Å². The van der Waals surface area contributed by atoms with Crippen molar-refractivity contribution >= 4 is 17.4 Å². The zero-order valence-electron chi connectivity index (χ0n) is 13.8. The van der Waals surface area contributed by atoms with Crippen LogP contribution in [0, 0.1) is 0 Å². The fraction of sp³-hybridized carbons (Fsp3) is 0.750. The van der Waals surface area contributed by atoms with Crippen molar-refractivity contribution in [3.8, 4) is 0 Å². The van der Waals surface area contributed by atoms with Crippen molar-refractivity contribution in [2.75, 3.05) is 26.2 Å². The van der Waals surface area contributed by atoms with Gasteiger partial charge in [0.2, 0.25) is 0 Å². The minimum atomic E-state index is 0.107. The zero-order valence-corrected chi connectivity index (χ0v) is 14.6. The Kier molecular flexibility index (Phi) is 4.41. The lowest BCUT2D eigenvalue weighted by atomic mass is 9.98. The lowest BCUT2D eigenvalue weighted by Crippen LogP contribution is -2.48. The third-order valence-corrected chi connectivity index (χ3v) is 5.71. The smallest absolute Gasteiger partial charge is 0.317 e. The van der Waals surface area contributed by atoms with Crippen molar-refractivity contribution in [1.82, 2.24) is 20.1 Å². The highest BCUT2D eigenvalue weighted by atomic mass is 32.1. The SMILES string of the molecule is CC(C)(C)c1nc(CN2CCC[C@H](N3CCNC3=O)C2)cs1. The Morgan fingerprint density at radius 3 is 2.86 bits per heavy atom. The molecule has 0 aliphatic carbocycles. The highest BCUT2D eigenvalue weighted by molar-refractivity contribution is 7.09. The molecular weight excluding hydrogens is 296 g/mol. The van der Waals surface area contributed by atoms with Gasteiger partial charge in [0.1, 0.15) is 0 Å². The number of piperidine rings is 1. The van der Waals surface area contributed by atoms with Gasteiger partial charge in [0, 0.05) is 43.0 Å². The van der Waals surface area contributed by atoms with E-state index in [1.807, 2.05) is 4.90 Å². The molecule has 1 aromatic rings. The number of thiazole rings is 1. The number of hydrogen-bond acceptors (Lipinski definition) is 4. The molecule has 0 bridgehead atoms. The second kappa shape index (κ2) is 6.16. The van der Waals surface area contributed by atoms with Crippen LogP contribution < -0.4 is 5.32 Å². The number of rotatable bonds is 3. The summed E-state index contributed by atoms with van der Waals surface area (Å²) in [5.41, 5.74) is 1.29. The first-order chi connectivity index (χ1) is 10.4. The van der Waals surface area contributed by atoms with E-state index in [0.29, 0.717) is 6.04 Å². The molecular formula is C16H26N4OS. The van der Waals surface area contributed by atoms with Gasteiger partial charge < -0.3 is 10.2 Å². The predicted molar refractivity (Wildman–Crippen MR) is 89.2 cm³/mol. The van der Waals surface area contributed by atoms with Crippen LogP contribution in [0.15, 0.2) is 5.38 Å². The van der Waals surface area contributed by atoms with Gasteiger partial charge >= 0.3 is 6.03 Å². The number of carbonyl (C=O) groups excluding carboxylic acids is 1. The van der Waals surface area contributed by atoms with E-state index in [1.165, 1.54) is 10.7 Å². The molecule has 122 valence electrons. The molecule has 22 heavy (non-hydrogen) atoms. The van der Waals surface area contributed by atoms with Gasteiger partial charge in [0.25, 0.3) is 0 Å². The summed E-state index contributed by atoms with van der Waals surface area (Å²) >= 11 is 1.76. The fourth-order valence-corrected chi connectivity index (χ4v) is 4.12. The summed E-state index contributed by atoms with van der Waals surface area (Å²) in [6.07, 6.45) is 2.28. The lowest BCUT2D eigenvalue weighted by molar-refractivity contribution is 0.121. The number of hydrogen-bond donors (Lipinski definition) is 1. The van der Waals surface area contributed by atoms with E-state index in [2.05, 4.69) is 36.4 Å². The molecule has 2 amide bonds. The van der Waals surface area contributed by atoms with Crippen molar-refractivity contribution in [3.05, 3.63) is 16.1 Å². The molecule has 3 heterocycles. The van der Waals surface area contributed by atoms with E-state index >= 15 is 0 Å². The minimum Gasteiger partial charge on any atom is -0.336 e. The van der Waals surface area contributed by atoms with Crippen molar-refractivity contribution in [2.24, 2.45) is 0 Å². The van der Waals surface area contributed by atoms with E-state index in [1.54, 1.807) is 11.3 Å². The Bertz CT molecular complexity index is 536. The molecule has 0 unspecified atom stereocenters. The molecule has 0 aromatic carbocycles. The number of nitrogens with one attached hydrogen (secondary N) is 1. The molecule has 2 fully saturated rings. The van der Waals surface area contributed by atoms with Gasteiger partial charge in [-0.1, -0.05) is 20.8 Å². The quantitative estimate of drug-likeness (QED) is 0.930. The Labute approximate surface area is 136 Å². The van der Waals surface area contributed by atoms with E-state index < -0.39 is 0 Å². The van der Waals surface area contributed by atoms with Crippen molar-refractivity contribution in [1.29, 1.82) is 0 Å². The third kappa shape index (κ3) is 3.43. The van der Waals surface area contributed by atoms with Crippen LogP contribution in [-0.2, 0) is 12.0 Å². The summed E-state index contributed by atoms with van der Waals surface area (Å²) < 4.78 is 0. The summed E-state index contributed by atoms with van der Waals surface area (Å²) in [4.78, 5) is 21.1. The van der Waals surface area contributed by atoms with Crippen LogP contribution in [0.3, 0.4) is 0 Å². The molecule has 1 atom stereocenters. The molecule has 2 saturated heterocycles. The summed E-state index contributed by atoms with van der Waals surface area (Å²) in [5, 5.41) is 6.30. The topological polar surface area (TPSA) is 48.5 Å². The molecule has 6 heteroatoms. The number of aromatic nitrogens is 1. The first-order valence-electron chi connectivity index (χ1n) is 8.15. The lowest BCUT2D eigenvalue weighted by Gasteiger charge is -2.36. The Balaban J connectivity index is 1.60. The maximum Gasteiger partial charge on any atom is 0.317 e. The van der Waals surface area contributed by atoms with Crippen LogP contribution in [0.2, 0.25) is 0 Å². The van der Waals surface area contributed by atoms with Crippen LogP contribution in [0.1, 0.15) is 44.3 Å². The van der Waals surface area contributed by atoms with Gasteiger partial charge in [-0.3, -0.25) is 4.90 Å². The van der Waals surface area contributed by atoms with Gasteiger partial charge in [-0.2, -0.15) is 0 Å². The zero-order chi connectivity index (χ0) is 15.7. The molecule has 0 radical (unpaired) electrons. The van der Waals surface area contributed by atoms with Crippen LogP contribution in [0.5, 0.6) is 0 Å². The van der Waals surface area contributed by atoms with Crippen LogP contribution in [-0.4, -0.2) is 53.0 Å². The third-order valence-electron chi connectivity index (χ3n) is 4.39. The van der Waals surface area contributed by atoms with Crippen LogP contribution in [0.4, 0.5) is 4.79 Å². The highest BCUT2D eigenvalue weighted by Crippen LogP contribution is 2.26. The number of likely N-dealkylation sites (tertiary alicyclic amines) is 1. The maximum absolute atomic E-state index is 11.8. The molecule has 0 saturated carbocycles. The van der Waals surface area contributed by atoms with Gasteiger partial charge in [-0.25, -0.2) is 9.78 Å². The predicted octanol–water partition coefficient (Wildman–Crippen LogP) is 2.43. The van der Waals surface area contributed by atoms with Crippen molar-refractivity contribution in [3.63, 3.8) is 0 Å². The van der Waals surface area contributed by atoms with Gasteiger partial charge in [-0.15, -0.1) is 11.3 Å². The summed E-state index contributed by atoms with van der Waals surface area (Å²) in [7, 11) is 0. The Hall–Kier alpha value is -1.14. The summed E-state index contributed by atoms with van der Waals surface area (Å²) in [6, 6.07) is 0.465. The average Bonchev–Trinajstić information content (AvgIpc) is 3.07. The summed E-state index contributed by atoms with van der Waals surface area (Å²) in [5.74, 6) is 0. The average molecular weight is 322 g/mol. The highest BCUT2D eigenvalue weighted by Gasteiger charge is 2.31. The van der Waals surface area contributed by atoms with Gasteiger partial charge in [0.15, 0.2) is 0 Å². The first kappa shape index (κ1) is 15.7. The monoisotopic (exact) mass is 322 g/mol. The number of nitrogens with zero attached hydrogens (tertiary/aromatic N) is 3. The summed E-state index contributed by atoms with van der Waals surface area (Å²) in [6.45, 7) is 11.2. The molecule has 1 aromatic heterocycles. The molecule has 5 nitrogen and oxygen atoms in total. The molecule has 2 aliphatic heterocycles. The normalized spacial score (nSPS) is 23.9. The second-order valence-electron chi connectivity index (χ2n) is 7.35. The van der Waals surface area contributed by atoms with E-state index in [4.69, 9.17) is 4.98 Å². The van der Waals surface area contributed by atoms with Crippen molar-refractivity contribution < 1.29 is 4.79 Å². The largest absolute Gasteiger partial charge is 0.336 e. The van der Waals surface area contributed by atoms with Gasteiger partial charge in [-0.05, 0) is 19.4 Å². The number of urea groups is 1. The second-order valence-corrected chi connectivity index (χ2v) is 8.21. The Morgan fingerprint density at radius 2 is 2.23 bits per heavy atom. The Morgan fingerprint density at radius 1 is 1.41 bits per heavy atom. The molecule has 1 N–H and O–H groups in total. The van der Waals surface area contributed by atoms with Gasteiger partial charge in [0.05, 0.1) is 10.7 Å². The fourth-order valence-electron chi connectivity index (χ4n) is 3.22. The molecule has 2 aliphatic rings. The standard InChI is InChI=1S/C16H26N4OS/c1-16(2,3)14-18-12(11-22-14)9-19-7-4-5-13(10-19)20-8-6-17-15(20)21/h11,13H,4-10H2,1-3H3,(H,17,21)/t13-/m0/s1. The maximum atomic E-state index is 11.8. The first-order valence-corrected chi connectivity index (χ1v) is 9.03. The van der Waals surface area contributed by atoms with Crippen LogP contribution >= 0.6 is 11.3 Å². The van der Waals surface area contributed by atoms with E-state index in [9.17, 15) is 4.79 Å². The van der Waals surface area contributed by atoms with Crippen LogP contribution in [0.25, 0.3) is 0 Å². The molecule has 0 spiro atoms. The number of amides is 2. The minimum absolute atomic E-state index is 0.107. The molecule has 3 rings (SSSR count).